The van der Waals surface area contributed by atoms with Crippen LogP contribution >= 0.6 is 0 Å². The molecular weight excluding hydrogens is 196 g/mol. The maximum atomic E-state index is 11.4. The van der Waals surface area contributed by atoms with Gasteiger partial charge in [0.1, 0.15) is 11.7 Å². The minimum atomic E-state index is -0.626. The Morgan fingerprint density at radius 1 is 1.67 bits per heavy atom. The average molecular weight is 210 g/mol. The number of ether oxygens (including phenoxy) is 2. The van der Waals surface area contributed by atoms with Crippen LogP contribution in [-0.4, -0.2) is 23.6 Å². The summed E-state index contributed by atoms with van der Waals surface area (Å²) in [7, 11) is 0. The number of rotatable bonds is 2. The lowest BCUT2D eigenvalue weighted by atomic mass is 9.80. The quantitative estimate of drug-likeness (QED) is 0.507. The van der Waals surface area contributed by atoms with Gasteiger partial charge in [-0.3, -0.25) is 4.79 Å². The van der Waals surface area contributed by atoms with Crippen LogP contribution in [0.5, 0.6) is 0 Å². The molecule has 2 unspecified atom stereocenters. The van der Waals surface area contributed by atoms with Crippen molar-refractivity contribution in [3.63, 3.8) is 0 Å². The number of fused-ring (bicyclic) bond motifs is 2. The van der Waals surface area contributed by atoms with Crippen LogP contribution in [-0.2, 0) is 19.1 Å². The first-order valence-corrected chi connectivity index (χ1v) is 5.11. The van der Waals surface area contributed by atoms with Gasteiger partial charge < -0.3 is 9.47 Å². The lowest BCUT2D eigenvalue weighted by molar-refractivity contribution is -0.169. The van der Waals surface area contributed by atoms with E-state index in [1.165, 1.54) is 0 Å². The van der Waals surface area contributed by atoms with Crippen molar-refractivity contribution in [1.29, 1.82) is 0 Å². The molecule has 0 aromatic rings. The second-order valence-electron chi connectivity index (χ2n) is 4.34. The fraction of sp³-hybridized carbons (Fsp3) is 0.636. The normalized spacial score (nSPS) is 38.3. The Morgan fingerprint density at radius 2 is 2.40 bits per heavy atom. The van der Waals surface area contributed by atoms with Gasteiger partial charge in [-0.25, -0.2) is 4.79 Å². The summed E-state index contributed by atoms with van der Waals surface area (Å²) in [6.07, 6.45) is 2.88. The maximum Gasteiger partial charge on any atom is 0.330 e. The van der Waals surface area contributed by atoms with Crippen molar-refractivity contribution in [2.75, 3.05) is 0 Å². The largest absolute Gasteiger partial charge is 0.455 e. The van der Waals surface area contributed by atoms with Crippen molar-refractivity contribution in [3.8, 4) is 0 Å². The summed E-state index contributed by atoms with van der Waals surface area (Å²) in [6.45, 7) is 5.17. The fourth-order valence-corrected chi connectivity index (χ4v) is 2.37. The van der Waals surface area contributed by atoms with Crippen LogP contribution in [0.25, 0.3) is 0 Å². The molecule has 1 saturated carbocycles. The van der Waals surface area contributed by atoms with Crippen LogP contribution in [0.15, 0.2) is 12.7 Å². The fourth-order valence-electron chi connectivity index (χ4n) is 2.37. The van der Waals surface area contributed by atoms with Crippen LogP contribution in [0.3, 0.4) is 0 Å². The molecule has 2 rings (SSSR count). The standard InChI is InChI=1S/C11H14O4/c1-3-9(12)14-8-5-4-7-6-11(8,2)15-10(7)13/h3,7-8H,1,4-6H2,2H3/t7?,8?,11-/m0/s1. The molecular formula is C11H14O4. The van der Waals surface area contributed by atoms with Gasteiger partial charge in [0.05, 0.1) is 5.92 Å². The van der Waals surface area contributed by atoms with E-state index in [0.717, 1.165) is 12.5 Å². The van der Waals surface area contributed by atoms with E-state index in [2.05, 4.69) is 6.58 Å². The summed E-state index contributed by atoms with van der Waals surface area (Å²) < 4.78 is 10.5. The molecule has 4 nitrogen and oxygen atoms in total. The molecule has 4 heteroatoms. The van der Waals surface area contributed by atoms with Crippen molar-refractivity contribution in [1.82, 2.24) is 0 Å². The molecule has 0 spiro atoms. The van der Waals surface area contributed by atoms with E-state index in [4.69, 9.17) is 9.47 Å². The second kappa shape index (κ2) is 3.36. The van der Waals surface area contributed by atoms with Gasteiger partial charge in [0.15, 0.2) is 0 Å². The minimum absolute atomic E-state index is 0.00585. The Hall–Kier alpha value is -1.32. The molecule has 3 atom stereocenters. The first kappa shape index (κ1) is 10.2. The average Bonchev–Trinajstić information content (AvgIpc) is 2.43. The SMILES string of the molecule is C=CC(=O)OC1CCC2C[C@]1(C)OC2=O. The van der Waals surface area contributed by atoms with Crippen LogP contribution in [0.1, 0.15) is 26.2 Å². The van der Waals surface area contributed by atoms with E-state index in [-0.39, 0.29) is 18.0 Å². The molecule has 82 valence electrons. The molecule has 15 heavy (non-hydrogen) atoms. The molecule has 1 aliphatic carbocycles. The molecule has 0 radical (unpaired) electrons. The number of esters is 2. The Bertz CT molecular complexity index is 323. The molecule has 0 amide bonds. The van der Waals surface area contributed by atoms with E-state index in [0.29, 0.717) is 12.8 Å². The Morgan fingerprint density at radius 3 is 3.07 bits per heavy atom. The summed E-state index contributed by atoms with van der Waals surface area (Å²) in [5.41, 5.74) is -0.626. The predicted molar refractivity (Wildman–Crippen MR) is 51.9 cm³/mol. The van der Waals surface area contributed by atoms with Gasteiger partial charge in [-0.2, -0.15) is 0 Å². The third-order valence-corrected chi connectivity index (χ3v) is 3.20. The number of hydrogen-bond donors (Lipinski definition) is 0. The van der Waals surface area contributed by atoms with E-state index in [9.17, 15) is 9.59 Å². The first-order valence-electron chi connectivity index (χ1n) is 5.11. The Kier molecular flexibility index (Phi) is 2.29. The molecule has 1 aliphatic heterocycles. The van der Waals surface area contributed by atoms with Crippen molar-refractivity contribution in [3.05, 3.63) is 12.7 Å². The summed E-state index contributed by atoms with van der Waals surface area (Å²) >= 11 is 0. The van der Waals surface area contributed by atoms with Gasteiger partial charge in [0, 0.05) is 12.5 Å². The van der Waals surface area contributed by atoms with Gasteiger partial charge in [0.2, 0.25) is 0 Å². The molecule has 2 aliphatic rings. The number of carbonyl (C=O) groups excluding carboxylic acids is 2. The van der Waals surface area contributed by atoms with Crippen molar-refractivity contribution < 1.29 is 19.1 Å². The zero-order valence-corrected chi connectivity index (χ0v) is 8.69. The number of hydrogen-bond acceptors (Lipinski definition) is 4. The van der Waals surface area contributed by atoms with Gasteiger partial charge in [0.25, 0.3) is 0 Å². The predicted octanol–water partition coefficient (Wildman–Crippen LogP) is 1.20. The monoisotopic (exact) mass is 210 g/mol. The van der Waals surface area contributed by atoms with Crippen LogP contribution in [0, 0.1) is 5.92 Å². The van der Waals surface area contributed by atoms with Crippen LogP contribution in [0.2, 0.25) is 0 Å². The van der Waals surface area contributed by atoms with E-state index in [1.54, 1.807) is 0 Å². The minimum Gasteiger partial charge on any atom is -0.455 e. The highest BCUT2D eigenvalue weighted by molar-refractivity contribution is 5.81. The van der Waals surface area contributed by atoms with Crippen LogP contribution in [0.4, 0.5) is 0 Å². The lowest BCUT2D eigenvalue weighted by Gasteiger charge is -2.34. The topological polar surface area (TPSA) is 52.6 Å². The number of carbonyl (C=O) groups is 2. The van der Waals surface area contributed by atoms with Crippen LogP contribution < -0.4 is 0 Å². The molecule has 2 bridgehead atoms. The zero-order valence-electron chi connectivity index (χ0n) is 8.69. The third-order valence-electron chi connectivity index (χ3n) is 3.20. The highest BCUT2D eigenvalue weighted by atomic mass is 16.6. The van der Waals surface area contributed by atoms with E-state index in [1.807, 2.05) is 6.92 Å². The first-order chi connectivity index (χ1) is 7.05. The summed E-state index contributed by atoms with van der Waals surface area (Å²) in [5, 5.41) is 0. The van der Waals surface area contributed by atoms with E-state index >= 15 is 0 Å². The van der Waals surface area contributed by atoms with Crippen molar-refractivity contribution in [2.24, 2.45) is 5.92 Å². The molecule has 1 heterocycles. The lowest BCUT2D eigenvalue weighted by Crippen LogP contribution is -2.43. The molecule has 0 N–H and O–H groups in total. The van der Waals surface area contributed by atoms with Gasteiger partial charge in [-0.1, -0.05) is 6.58 Å². The van der Waals surface area contributed by atoms with Crippen molar-refractivity contribution >= 4 is 11.9 Å². The van der Waals surface area contributed by atoms with Crippen molar-refractivity contribution in [2.45, 2.75) is 37.9 Å². The van der Waals surface area contributed by atoms with E-state index < -0.39 is 11.6 Å². The summed E-state index contributed by atoms with van der Waals surface area (Å²) in [4.78, 5) is 22.5. The van der Waals surface area contributed by atoms with Gasteiger partial charge in [-0.05, 0) is 19.8 Å². The van der Waals surface area contributed by atoms with Gasteiger partial charge >= 0.3 is 11.9 Å². The highest BCUT2D eigenvalue weighted by Crippen LogP contribution is 2.43. The summed E-state index contributed by atoms with van der Waals surface area (Å²) in [5.74, 6) is -0.619. The zero-order chi connectivity index (χ0) is 11.1. The highest BCUT2D eigenvalue weighted by Gasteiger charge is 2.53. The Balaban J connectivity index is 2.11. The summed E-state index contributed by atoms with van der Waals surface area (Å²) in [6, 6.07) is 0. The molecule has 1 saturated heterocycles. The third kappa shape index (κ3) is 1.64. The van der Waals surface area contributed by atoms with Gasteiger partial charge in [-0.15, -0.1) is 0 Å². The maximum absolute atomic E-state index is 11.4. The molecule has 2 fully saturated rings. The molecule has 0 aromatic heterocycles. The molecule has 0 aromatic carbocycles. The second-order valence-corrected chi connectivity index (χ2v) is 4.34. The Labute approximate surface area is 88.2 Å². The smallest absolute Gasteiger partial charge is 0.330 e.